The van der Waals surface area contributed by atoms with E-state index in [-0.39, 0.29) is 35.8 Å². The Labute approximate surface area is 129 Å². The normalized spacial score (nSPS) is 11.5. The minimum absolute atomic E-state index is 0. The van der Waals surface area contributed by atoms with Crippen molar-refractivity contribution in [3.05, 3.63) is 42.2 Å². The molecule has 0 aliphatic carbocycles. The predicted molar refractivity (Wildman–Crippen MR) is 83.3 cm³/mol. The Hall–Kier alpha value is -2.05. The van der Waals surface area contributed by atoms with E-state index in [1.54, 1.807) is 0 Å². The van der Waals surface area contributed by atoms with Gasteiger partial charge in [-0.25, -0.2) is 4.68 Å². The molecule has 1 heterocycles. The van der Waals surface area contributed by atoms with Crippen molar-refractivity contribution in [2.24, 2.45) is 0 Å². The molecule has 114 valence electrons. The number of para-hydroxylation sites is 1. The van der Waals surface area contributed by atoms with Crippen LogP contribution in [0.3, 0.4) is 0 Å². The molecule has 0 bridgehead atoms. The summed E-state index contributed by atoms with van der Waals surface area (Å²) in [7, 11) is 1.82. The van der Waals surface area contributed by atoms with Crippen molar-refractivity contribution in [1.29, 1.82) is 0 Å². The van der Waals surface area contributed by atoms with Gasteiger partial charge >= 0.3 is 0 Å². The number of aromatic nitrogens is 2. The molecule has 0 radical (unpaired) electrons. The Morgan fingerprint density at radius 3 is 2.67 bits per heavy atom. The van der Waals surface area contributed by atoms with Crippen LogP contribution in [-0.4, -0.2) is 40.4 Å². The summed E-state index contributed by atoms with van der Waals surface area (Å²) in [5.74, 6) is -0.525. The number of amides is 1. The SMILES string of the molecule is CNC(C)CNC(=O)c1nn(-c2ccccc2)cc1O.Cl. The summed E-state index contributed by atoms with van der Waals surface area (Å²) in [5, 5.41) is 19.7. The van der Waals surface area contributed by atoms with Gasteiger partial charge in [-0.1, -0.05) is 18.2 Å². The standard InChI is InChI=1S/C14H18N4O2.ClH/c1-10(15-2)8-16-14(20)13-12(19)9-18(17-13)11-6-4-3-5-7-11;/h3-7,9-10,15,19H,8H2,1-2H3,(H,16,20);1H. The molecule has 0 spiro atoms. The third kappa shape index (κ3) is 4.21. The van der Waals surface area contributed by atoms with E-state index in [9.17, 15) is 9.90 Å². The first-order valence-electron chi connectivity index (χ1n) is 6.41. The minimum atomic E-state index is -0.390. The number of rotatable bonds is 5. The number of hydrogen-bond acceptors (Lipinski definition) is 4. The molecule has 1 aromatic heterocycles. The molecule has 1 unspecified atom stereocenters. The average molecular weight is 311 g/mol. The maximum absolute atomic E-state index is 12.0. The van der Waals surface area contributed by atoms with Crippen LogP contribution in [0.2, 0.25) is 0 Å². The van der Waals surface area contributed by atoms with Crippen molar-refractivity contribution >= 4 is 18.3 Å². The molecule has 0 saturated heterocycles. The maximum Gasteiger partial charge on any atom is 0.275 e. The summed E-state index contributed by atoms with van der Waals surface area (Å²) < 4.78 is 1.48. The largest absolute Gasteiger partial charge is 0.504 e. The van der Waals surface area contributed by atoms with Crippen molar-refractivity contribution in [1.82, 2.24) is 20.4 Å². The van der Waals surface area contributed by atoms with E-state index in [1.165, 1.54) is 10.9 Å². The van der Waals surface area contributed by atoms with Crippen LogP contribution >= 0.6 is 12.4 Å². The van der Waals surface area contributed by atoms with E-state index in [4.69, 9.17) is 0 Å². The number of nitrogens with one attached hydrogen (secondary N) is 2. The average Bonchev–Trinajstić information content (AvgIpc) is 2.87. The Morgan fingerprint density at radius 1 is 1.38 bits per heavy atom. The second-order valence-electron chi connectivity index (χ2n) is 4.54. The highest BCUT2D eigenvalue weighted by Gasteiger charge is 2.17. The lowest BCUT2D eigenvalue weighted by Crippen LogP contribution is -2.37. The Balaban J connectivity index is 0.00000220. The van der Waals surface area contributed by atoms with Crippen molar-refractivity contribution < 1.29 is 9.90 Å². The highest BCUT2D eigenvalue weighted by molar-refractivity contribution is 5.94. The van der Waals surface area contributed by atoms with Crippen LogP contribution in [0.15, 0.2) is 36.5 Å². The van der Waals surface area contributed by atoms with Crippen LogP contribution in [0.25, 0.3) is 5.69 Å². The summed E-state index contributed by atoms with van der Waals surface area (Å²) in [6.07, 6.45) is 1.42. The molecular weight excluding hydrogens is 292 g/mol. The van der Waals surface area contributed by atoms with Gasteiger partial charge in [-0.2, -0.15) is 5.10 Å². The molecular formula is C14H19ClN4O2. The van der Waals surface area contributed by atoms with Gasteiger partial charge in [0.2, 0.25) is 0 Å². The van der Waals surface area contributed by atoms with Crippen LogP contribution in [-0.2, 0) is 0 Å². The molecule has 0 aliphatic heterocycles. The second-order valence-corrected chi connectivity index (χ2v) is 4.54. The van der Waals surface area contributed by atoms with Crippen LogP contribution in [0.5, 0.6) is 5.75 Å². The molecule has 1 aromatic carbocycles. The number of benzene rings is 1. The summed E-state index contributed by atoms with van der Waals surface area (Å²) in [6.45, 7) is 2.41. The summed E-state index contributed by atoms with van der Waals surface area (Å²) in [6, 6.07) is 9.45. The zero-order chi connectivity index (χ0) is 14.5. The lowest BCUT2D eigenvalue weighted by molar-refractivity contribution is 0.0942. The Morgan fingerprint density at radius 2 is 2.05 bits per heavy atom. The predicted octanol–water partition coefficient (Wildman–Crippen LogP) is 1.34. The van der Waals surface area contributed by atoms with Gasteiger partial charge in [0, 0.05) is 12.6 Å². The van der Waals surface area contributed by atoms with Gasteiger partial charge in [0.15, 0.2) is 11.4 Å². The van der Waals surface area contributed by atoms with E-state index in [0.29, 0.717) is 6.54 Å². The van der Waals surface area contributed by atoms with Crippen LogP contribution in [0.1, 0.15) is 17.4 Å². The van der Waals surface area contributed by atoms with Crippen molar-refractivity contribution in [2.45, 2.75) is 13.0 Å². The van der Waals surface area contributed by atoms with E-state index < -0.39 is 0 Å². The molecule has 21 heavy (non-hydrogen) atoms. The zero-order valence-corrected chi connectivity index (χ0v) is 12.7. The van der Waals surface area contributed by atoms with Crippen LogP contribution in [0, 0.1) is 0 Å². The molecule has 0 saturated carbocycles. The van der Waals surface area contributed by atoms with Gasteiger partial charge in [0.05, 0.1) is 11.9 Å². The first-order valence-corrected chi connectivity index (χ1v) is 6.41. The number of aromatic hydroxyl groups is 1. The number of nitrogens with zero attached hydrogens (tertiary/aromatic N) is 2. The van der Waals surface area contributed by atoms with Crippen molar-refractivity contribution in [3.63, 3.8) is 0 Å². The topological polar surface area (TPSA) is 79.2 Å². The zero-order valence-electron chi connectivity index (χ0n) is 11.9. The van der Waals surface area contributed by atoms with Crippen LogP contribution in [0.4, 0.5) is 0 Å². The Bertz CT molecular complexity index is 586. The highest BCUT2D eigenvalue weighted by Crippen LogP contribution is 2.17. The maximum atomic E-state index is 12.0. The Kier molecular flexibility index (Phi) is 6.20. The lowest BCUT2D eigenvalue weighted by Gasteiger charge is -2.10. The first kappa shape index (κ1) is 17.0. The number of halogens is 1. The highest BCUT2D eigenvalue weighted by atomic mass is 35.5. The first-order chi connectivity index (χ1) is 9.61. The lowest BCUT2D eigenvalue weighted by atomic mass is 10.3. The fourth-order valence-corrected chi connectivity index (χ4v) is 1.67. The number of likely N-dealkylation sites (N-methyl/N-ethyl adjacent to an activating group) is 1. The second kappa shape index (κ2) is 7.66. The number of carbonyl (C=O) groups excluding carboxylic acids is 1. The third-order valence-corrected chi connectivity index (χ3v) is 2.99. The van der Waals surface area contributed by atoms with Gasteiger partial charge in [-0.05, 0) is 26.1 Å². The van der Waals surface area contributed by atoms with E-state index in [2.05, 4.69) is 15.7 Å². The van der Waals surface area contributed by atoms with Gasteiger partial charge in [-0.3, -0.25) is 4.79 Å². The van der Waals surface area contributed by atoms with Gasteiger partial charge < -0.3 is 15.7 Å². The van der Waals surface area contributed by atoms with Crippen molar-refractivity contribution in [2.75, 3.05) is 13.6 Å². The molecule has 0 aliphatic rings. The van der Waals surface area contributed by atoms with Crippen LogP contribution < -0.4 is 10.6 Å². The summed E-state index contributed by atoms with van der Waals surface area (Å²) >= 11 is 0. The number of carbonyl (C=O) groups is 1. The monoisotopic (exact) mass is 310 g/mol. The number of hydrogen-bond donors (Lipinski definition) is 3. The van der Waals surface area contributed by atoms with Gasteiger partial charge in [0.1, 0.15) is 0 Å². The molecule has 3 N–H and O–H groups in total. The summed E-state index contributed by atoms with van der Waals surface area (Å²) in [4.78, 5) is 12.0. The van der Waals surface area contributed by atoms with E-state index in [0.717, 1.165) is 5.69 Å². The van der Waals surface area contributed by atoms with Crippen molar-refractivity contribution in [3.8, 4) is 11.4 Å². The van der Waals surface area contributed by atoms with Gasteiger partial charge in [-0.15, -0.1) is 12.4 Å². The molecule has 2 rings (SSSR count). The van der Waals surface area contributed by atoms with Gasteiger partial charge in [0.25, 0.3) is 5.91 Å². The van der Waals surface area contributed by atoms with E-state index in [1.807, 2.05) is 44.3 Å². The summed E-state index contributed by atoms with van der Waals surface area (Å²) in [5.41, 5.74) is 0.808. The molecule has 1 amide bonds. The molecule has 6 nitrogen and oxygen atoms in total. The third-order valence-electron chi connectivity index (χ3n) is 2.99. The minimum Gasteiger partial charge on any atom is -0.504 e. The molecule has 7 heteroatoms. The van der Waals surface area contributed by atoms with E-state index >= 15 is 0 Å². The smallest absolute Gasteiger partial charge is 0.275 e. The molecule has 1 atom stereocenters. The quantitative estimate of drug-likeness (QED) is 0.778. The molecule has 0 fully saturated rings. The fourth-order valence-electron chi connectivity index (χ4n) is 1.67. The molecule has 2 aromatic rings. The fraction of sp³-hybridized carbons (Fsp3) is 0.286.